The Morgan fingerprint density at radius 3 is 2.46 bits per heavy atom. The summed E-state index contributed by atoms with van der Waals surface area (Å²) >= 11 is 6.20. The molecule has 0 spiro atoms. The van der Waals surface area contributed by atoms with Crippen LogP contribution in [0.15, 0.2) is 66.9 Å². The molecule has 5 aromatic rings. The van der Waals surface area contributed by atoms with Crippen LogP contribution in [-0.4, -0.2) is 30.3 Å². The van der Waals surface area contributed by atoms with Gasteiger partial charge in [0.15, 0.2) is 22.9 Å². The summed E-state index contributed by atoms with van der Waals surface area (Å²) in [6, 6.07) is 15.1. The predicted octanol–water partition coefficient (Wildman–Crippen LogP) is 6.83. The Balaban J connectivity index is 1.44. The summed E-state index contributed by atoms with van der Waals surface area (Å²) in [7, 11) is 0. The number of hydrogen-bond acceptors (Lipinski definition) is 4. The van der Waals surface area contributed by atoms with E-state index in [4.69, 9.17) is 11.6 Å². The number of hydrogen-bond donors (Lipinski definition) is 1. The average molecular weight is 557 g/mol. The maximum atomic E-state index is 14.0. The zero-order valence-electron chi connectivity index (χ0n) is 20.7. The molecular formula is C27H21ClF4N6O. The maximum absolute atomic E-state index is 14.0. The van der Waals surface area contributed by atoms with Gasteiger partial charge in [-0.05, 0) is 35.2 Å². The second kappa shape index (κ2) is 10.1. The largest absolute Gasteiger partial charge is 0.433 e. The number of amides is 1. The number of aromatic nitrogens is 5. The highest BCUT2D eigenvalue weighted by Gasteiger charge is 2.35. The second-order valence-electron chi connectivity index (χ2n) is 9.21. The first-order valence-corrected chi connectivity index (χ1v) is 12.2. The van der Waals surface area contributed by atoms with Crippen LogP contribution in [0.3, 0.4) is 0 Å². The Kier molecular flexibility index (Phi) is 6.85. The van der Waals surface area contributed by atoms with Gasteiger partial charge in [-0.2, -0.15) is 23.4 Å². The molecule has 0 saturated carbocycles. The van der Waals surface area contributed by atoms with E-state index in [1.807, 2.05) is 26.0 Å². The fraction of sp³-hybridized carbons (Fsp3) is 0.185. The Morgan fingerprint density at radius 2 is 1.79 bits per heavy atom. The quantitative estimate of drug-likeness (QED) is 0.233. The summed E-state index contributed by atoms with van der Waals surface area (Å²) < 4.78 is 57.3. The van der Waals surface area contributed by atoms with Crippen LogP contribution in [0, 0.1) is 5.82 Å². The van der Waals surface area contributed by atoms with E-state index in [0.717, 1.165) is 17.7 Å². The van der Waals surface area contributed by atoms with Gasteiger partial charge in [0.2, 0.25) is 0 Å². The number of anilines is 1. The Bertz CT molecular complexity index is 1670. The average Bonchev–Trinajstić information content (AvgIpc) is 3.45. The normalized spacial score (nSPS) is 11.9. The molecule has 1 N–H and O–H groups in total. The zero-order valence-corrected chi connectivity index (χ0v) is 21.4. The zero-order chi connectivity index (χ0) is 27.9. The van der Waals surface area contributed by atoms with Gasteiger partial charge in [0.05, 0.1) is 12.2 Å². The van der Waals surface area contributed by atoms with Gasteiger partial charge in [0, 0.05) is 17.8 Å². The maximum Gasteiger partial charge on any atom is 0.433 e. The second-order valence-corrected chi connectivity index (χ2v) is 9.62. The van der Waals surface area contributed by atoms with Crippen molar-refractivity contribution in [1.29, 1.82) is 0 Å². The molecule has 5 rings (SSSR count). The summed E-state index contributed by atoms with van der Waals surface area (Å²) in [5.74, 6) is -0.995. The molecule has 12 heteroatoms. The Morgan fingerprint density at radius 1 is 1.05 bits per heavy atom. The molecule has 7 nitrogen and oxygen atoms in total. The molecule has 2 aromatic carbocycles. The summed E-state index contributed by atoms with van der Waals surface area (Å²) in [5.41, 5.74) is 0.707. The van der Waals surface area contributed by atoms with Gasteiger partial charge in [0.25, 0.3) is 5.91 Å². The van der Waals surface area contributed by atoms with Crippen LogP contribution in [0.5, 0.6) is 0 Å². The Labute approximate surface area is 225 Å². The minimum absolute atomic E-state index is 0.0231. The van der Waals surface area contributed by atoms with E-state index in [1.165, 1.54) is 23.0 Å². The van der Waals surface area contributed by atoms with Gasteiger partial charge in [-0.15, -0.1) is 0 Å². The van der Waals surface area contributed by atoms with E-state index >= 15 is 0 Å². The molecular weight excluding hydrogens is 536 g/mol. The van der Waals surface area contributed by atoms with Crippen LogP contribution in [0.4, 0.5) is 23.4 Å². The third-order valence-electron chi connectivity index (χ3n) is 6.01. The van der Waals surface area contributed by atoms with Gasteiger partial charge in [-0.1, -0.05) is 61.8 Å². The van der Waals surface area contributed by atoms with E-state index in [-0.39, 0.29) is 40.3 Å². The SMILES string of the molecule is CC(C)c1ccc(-c2cc(C(F)(F)F)n3nc(C(=O)Nc4nn(Cc5cccc(F)c5)cc4Cl)cc3n2)cc1. The van der Waals surface area contributed by atoms with Crippen LogP contribution >= 0.6 is 11.6 Å². The molecule has 0 saturated heterocycles. The van der Waals surface area contributed by atoms with Crippen molar-refractivity contribution in [1.82, 2.24) is 24.4 Å². The number of halogens is 5. The number of benzene rings is 2. The molecule has 0 atom stereocenters. The van der Waals surface area contributed by atoms with Crippen LogP contribution < -0.4 is 5.32 Å². The van der Waals surface area contributed by atoms with Crippen molar-refractivity contribution in [2.45, 2.75) is 32.5 Å². The van der Waals surface area contributed by atoms with E-state index < -0.39 is 23.6 Å². The third kappa shape index (κ3) is 5.63. The smallest absolute Gasteiger partial charge is 0.302 e. The van der Waals surface area contributed by atoms with Crippen molar-refractivity contribution in [2.24, 2.45) is 0 Å². The topological polar surface area (TPSA) is 77.1 Å². The summed E-state index contributed by atoms with van der Waals surface area (Å²) in [5, 5.41) is 10.6. The Hall–Kier alpha value is -4.25. The molecule has 200 valence electrons. The molecule has 0 aliphatic heterocycles. The molecule has 3 aromatic heterocycles. The lowest BCUT2D eigenvalue weighted by molar-refractivity contribution is -0.142. The van der Waals surface area contributed by atoms with Crippen molar-refractivity contribution in [3.8, 4) is 11.3 Å². The highest BCUT2D eigenvalue weighted by Crippen LogP contribution is 2.33. The van der Waals surface area contributed by atoms with E-state index in [9.17, 15) is 22.4 Å². The molecule has 0 aliphatic carbocycles. The number of nitrogens with zero attached hydrogens (tertiary/aromatic N) is 5. The van der Waals surface area contributed by atoms with E-state index in [1.54, 1.807) is 24.3 Å². The van der Waals surface area contributed by atoms with Crippen LogP contribution in [0.25, 0.3) is 16.9 Å². The highest BCUT2D eigenvalue weighted by atomic mass is 35.5. The summed E-state index contributed by atoms with van der Waals surface area (Å²) in [6.07, 6.45) is -3.32. The van der Waals surface area contributed by atoms with Crippen LogP contribution in [0.2, 0.25) is 5.02 Å². The number of rotatable bonds is 6. The van der Waals surface area contributed by atoms with Gasteiger partial charge in [0.1, 0.15) is 10.8 Å². The fourth-order valence-corrected chi connectivity index (χ4v) is 4.23. The van der Waals surface area contributed by atoms with E-state index in [2.05, 4.69) is 20.5 Å². The lowest BCUT2D eigenvalue weighted by Gasteiger charge is -2.11. The van der Waals surface area contributed by atoms with Crippen molar-refractivity contribution in [3.05, 3.63) is 100 Å². The number of alkyl halides is 3. The van der Waals surface area contributed by atoms with Crippen molar-refractivity contribution < 1.29 is 22.4 Å². The van der Waals surface area contributed by atoms with Crippen molar-refractivity contribution >= 4 is 29.0 Å². The highest BCUT2D eigenvalue weighted by molar-refractivity contribution is 6.33. The minimum atomic E-state index is -4.76. The van der Waals surface area contributed by atoms with Gasteiger partial charge in [-0.3, -0.25) is 9.48 Å². The lowest BCUT2D eigenvalue weighted by atomic mass is 10.0. The van der Waals surface area contributed by atoms with Gasteiger partial charge < -0.3 is 5.32 Å². The van der Waals surface area contributed by atoms with Gasteiger partial charge in [-0.25, -0.2) is 13.9 Å². The molecule has 0 radical (unpaired) electrons. The molecule has 1 amide bonds. The molecule has 0 aliphatic rings. The predicted molar refractivity (Wildman–Crippen MR) is 138 cm³/mol. The van der Waals surface area contributed by atoms with Crippen molar-refractivity contribution in [3.63, 3.8) is 0 Å². The van der Waals surface area contributed by atoms with Gasteiger partial charge >= 0.3 is 6.18 Å². The number of fused-ring (bicyclic) bond motifs is 1. The standard InChI is InChI=1S/C27H21ClF4N6O/c1-15(2)17-6-8-18(9-7-17)21-11-23(27(30,31)32)38-24(33-21)12-22(35-38)26(39)34-25-20(28)14-37(36-25)13-16-4-3-5-19(29)10-16/h3-12,14-15H,13H2,1-2H3,(H,34,36,39). The van der Waals surface area contributed by atoms with Crippen LogP contribution in [-0.2, 0) is 12.7 Å². The first kappa shape index (κ1) is 26.4. The van der Waals surface area contributed by atoms with E-state index in [0.29, 0.717) is 15.6 Å². The fourth-order valence-electron chi connectivity index (χ4n) is 4.03. The number of carbonyl (C=O) groups excluding carboxylic acids is 1. The molecule has 3 heterocycles. The minimum Gasteiger partial charge on any atom is -0.302 e. The summed E-state index contributed by atoms with van der Waals surface area (Å²) in [4.78, 5) is 17.2. The third-order valence-corrected chi connectivity index (χ3v) is 6.28. The summed E-state index contributed by atoms with van der Waals surface area (Å²) in [6.45, 7) is 4.21. The molecule has 0 bridgehead atoms. The monoisotopic (exact) mass is 556 g/mol. The molecule has 0 fully saturated rings. The number of carbonyl (C=O) groups is 1. The first-order valence-electron chi connectivity index (χ1n) is 11.8. The van der Waals surface area contributed by atoms with Crippen molar-refractivity contribution in [2.75, 3.05) is 5.32 Å². The molecule has 39 heavy (non-hydrogen) atoms. The first-order chi connectivity index (χ1) is 18.5. The molecule has 0 unspecified atom stereocenters. The van der Waals surface area contributed by atoms with Crippen LogP contribution in [0.1, 0.15) is 47.1 Å². The lowest BCUT2D eigenvalue weighted by Crippen LogP contribution is -2.16. The number of nitrogens with one attached hydrogen (secondary N) is 1.